The number of nitrogens with one attached hydrogen (secondary N) is 1. The maximum absolute atomic E-state index is 13.3. The van der Waals surface area contributed by atoms with Crippen LogP contribution in [0.2, 0.25) is 0 Å². The standard InChI is InChI=1S/C25H20FN3O/c26-19-9-7-18(8-10-19)25(11-12-25)16-28-24(30)21-14-23(17-4-3-13-27-15-17)29-22-6-2-1-5-20(21)22/h1-10,13-15H,11-12,16H2,(H,28,30). The molecule has 1 aliphatic carbocycles. The van der Waals surface area contributed by atoms with Crippen LogP contribution in [0.25, 0.3) is 22.2 Å². The number of aromatic nitrogens is 2. The Hall–Kier alpha value is -3.60. The summed E-state index contributed by atoms with van der Waals surface area (Å²) in [5.74, 6) is -0.378. The van der Waals surface area contributed by atoms with Crippen molar-refractivity contribution in [3.8, 4) is 11.3 Å². The average Bonchev–Trinajstić information content (AvgIpc) is 3.59. The summed E-state index contributed by atoms with van der Waals surface area (Å²) in [5, 5.41) is 3.92. The first-order valence-electron chi connectivity index (χ1n) is 9.99. The van der Waals surface area contributed by atoms with Crippen LogP contribution < -0.4 is 5.32 Å². The number of benzene rings is 2. The quantitative estimate of drug-likeness (QED) is 0.521. The largest absolute Gasteiger partial charge is 0.351 e. The highest BCUT2D eigenvalue weighted by molar-refractivity contribution is 6.07. The number of nitrogens with zero attached hydrogens (tertiary/aromatic N) is 2. The Morgan fingerprint density at radius 1 is 1.03 bits per heavy atom. The highest BCUT2D eigenvalue weighted by atomic mass is 19.1. The van der Waals surface area contributed by atoms with Gasteiger partial charge >= 0.3 is 0 Å². The number of hydrogen-bond donors (Lipinski definition) is 1. The van der Waals surface area contributed by atoms with Crippen LogP contribution in [0.4, 0.5) is 4.39 Å². The highest BCUT2D eigenvalue weighted by Gasteiger charge is 2.44. The fourth-order valence-corrected chi connectivity index (χ4v) is 3.89. The van der Waals surface area contributed by atoms with E-state index in [1.54, 1.807) is 12.4 Å². The molecule has 2 heterocycles. The van der Waals surface area contributed by atoms with E-state index in [9.17, 15) is 9.18 Å². The van der Waals surface area contributed by atoms with Gasteiger partial charge in [0.1, 0.15) is 5.82 Å². The van der Waals surface area contributed by atoms with Gasteiger partial charge in [0.05, 0.1) is 16.8 Å². The molecule has 0 spiro atoms. The van der Waals surface area contributed by atoms with E-state index < -0.39 is 0 Å². The van der Waals surface area contributed by atoms with Gasteiger partial charge in [-0.2, -0.15) is 0 Å². The summed E-state index contributed by atoms with van der Waals surface area (Å²) >= 11 is 0. The normalized spacial score (nSPS) is 14.4. The van der Waals surface area contributed by atoms with Gasteiger partial charge in [-0.15, -0.1) is 0 Å². The molecule has 148 valence electrons. The van der Waals surface area contributed by atoms with Crippen LogP contribution in [0.3, 0.4) is 0 Å². The maximum Gasteiger partial charge on any atom is 0.252 e. The number of carbonyl (C=O) groups is 1. The molecule has 0 saturated heterocycles. The molecule has 1 amide bonds. The summed E-state index contributed by atoms with van der Waals surface area (Å²) < 4.78 is 13.3. The van der Waals surface area contributed by atoms with E-state index in [1.165, 1.54) is 12.1 Å². The Labute approximate surface area is 173 Å². The molecule has 4 aromatic rings. The van der Waals surface area contributed by atoms with Crippen LogP contribution in [-0.2, 0) is 5.41 Å². The predicted octanol–water partition coefficient (Wildman–Crippen LogP) is 4.90. The summed E-state index contributed by atoms with van der Waals surface area (Å²) in [6, 6.07) is 19.8. The van der Waals surface area contributed by atoms with Gasteiger partial charge in [-0.05, 0) is 54.8 Å². The van der Waals surface area contributed by atoms with Gasteiger partial charge in [0.2, 0.25) is 0 Å². The minimum Gasteiger partial charge on any atom is -0.351 e. The zero-order valence-corrected chi connectivity index (χ0v) is 16.3. The van der Waals surface area contributed by atoms with Crippen LogP contribution in [0.5, 0.6) is 0 Å². The molecular weight excluding hydrogens is 377 g/mol. The number of fused-ring (bicyclic) bond motifs is 1. The summed E-state index contributed by atoms with van der Waals surface area (Å²) in [4.78, 5) is 22.1. The van der Waals surface area contributed by atoms with Crippen molar-refractivity contribution in [2.45, 2.75) is 18.3 Å². The Balaban J connectivity index is 1.45. The predicted molar refractivity (Wildman–Crippen MR) is 115 cm³/mol. The molecule has 2 aromatic carbocycles. The smallest absolute Gasteiger partial charge is 0.252 e. The van der Waals surface area contributed by atoms with Gasteiger partial charge in [-0.1, -0.05) is 30.3 Å². The first kappa shape index (κ1) is 18.4. The molecule has 0 unspecified atom stereocenters. The SMILES string of the molecule is O=C(NCC1(c2ccc(F)cc2)CC1)c1cc(-c2cccnc2)nc2ccccc12. The first-order valence-corrected chi connectivity index (χ1v) is 9.99. The summed E-state index contributed by atoms with van der Waals surface area (Å²) in [5.41, 5.74) is 3.91. The molecule has 1 fully saturated rings. The Morgan fingerprint density at radius 3 is 2.57 bits per heavy atom. The average molecular weight is 397 g/mol. The van der Waals surface area contributed by atoms with Crippen LogP contribution in [-0.4, -0.2) is 22.4 Å². The molecule has 0 atom stereocenters. The lowest BCUT2D eigenvalue weighted by atomic mass is 9.95. The van der Waals surface area contributed by atoms with Gasteiger partial charge in [0, 0.05) is 35.3 Å². The van der Waals surface area contributed by atoms with E-state index in [-0.39, 0.29) is 17.1 Å². The second-order valence-electron chi connectivity index (χ2n) is 7.78. The Bertz CT molecular complexity index is 1220. The topological polar surface area (TPSA) is 54.9 Å². The number of amides is 1. The van der Waals surface area contributed by atoms with Crippen molar-refractivity contribution in [3.05, 3.63) is 96.1 Å². The van der Waals surface area contributed by atoms with E-state index in [4.69, 9.17) is 4.98 Å². The monoisotopic (exact) mass is 397 g/mol. The molecule has 30 heavy (non-hydrogen) atoms. The second-order valence-corrected chi connectivity index (χ2v) is 7.78. The van der Waals surface area contributed by atoms with Crippen molar-refractivity contribution in [2.75, 3.05) is 6.54 Å². The molecule has 0 radical (unpaired) electrons. The zero-order chi connectivity index (χ0) is 20.6. The minimum atomic E-state index is -0.246. The van der Waals surface area contributed by atoms with Crippen molar-refractivity contribution >= 4 is 16.8 Å². The first-order chi connectivity index (χ1) is 14.6. The third-order valence-corrected chi connectivity index (χ3v) is 5.82. The highest BCUT2D eigenvalue weighted by Crippen LogP contribution is 2.47. The summed E-state index contributed by atoms with van der Waals surface area (Å²) in [6.07, 6.45) is 5.42. The second kappa shape index (κ2) is 7.34. The van der Waals surface area contributed by atoms with Crippen LogP contribution in [0, 0.1) is 5.82 Å². The fraction of sp³-hybridized carbons (Fsp3) is 0.160. The Kier molecular flexibility index (Phi) is 4.51. The van der Waals surface area contributed by atoms with Crippen molar-refractivity contribution in [1.82, 2.24) is 15.3 Å². The molecule has 5 rings (SSSR count). The van der Waals surface area contributed by atoms with E-state index in [0.717, 1.165) is 34.9 Å². The third-order valence-electron chi connectivity index (χ3n) is 5.82. The molecule has 0 aliphatic heterocycles. The van der Waals surface area contributed by atoms with Crippen molar-refractivity contribution < 1.29 is 9.18 Å². The third kappa shape index (κ3) is 3.43. The van der Waals surface area contributed by atoms with Gasteiger partial charge in [0.25, 0.3) is 5.91 Å². The number of para-hydroxylation sites is 1. The van der Waals surface area contributed by atoms with Crippen molar-refractivity contribution in [1.29, 1.82) is 0 Å². The van der Waals surface area contributed by atoms with Crippen LogP contribution >= 0.6 is 0 Å². The molecular formula is C25H20FN3O. The minimum absolute atomic E-state index is 0.0988. The number of hydrogen-bond acceptors (Lipinski definition) is 3. The van der Waals surface area contributed by atoms with Gasteiger partial charge in [-0.25, -0.2) is 9.37 Å². The van der Waals surface area contributed by atoms with Crippen molar-refractivity contribution in [2.24, 2.45) is 0 Å². The molecule has 0 bridgehead atoms. The van der Waals surface area contributed by atoms with E-state index in [2.05, 4.69) is 10.3 Å². The summed E-state index contributed by atoms with van der Waals surface area (Å²) in [7, 11) is 0. The molecule has 2 aromatic heterocycles. The fourth-order valence-electron chi connectivity index (χ4n) is 3.89. The molecule has 1 aliphatic rings. The lowest BCUT2D eigenvalue weighted by Crippen LogP contribution is -2.32. The van der Waals surface area contributed by atoms with E-state index in [0.29, 0.717) is 17.8 Å². The van der Waals surface area contributed by atoms with Gasteiger partial charge in [0.15, 0.2) is 0 Å². The number of pyridine rings is 2. The summed E-state index contributed by atoms with van der Waals surface area (Å²) in [6.45, 7) is 0.524. The lowest BCUT2D eigenvalue weighted by Gasteiger charge is -2.17. The number of rotatable bonds is 5. The van der Waals surface area contributed by atoms with Gasteiger partial charge in [-0.3, -0.25) is 9.78 Å². The molecule has 1 N–H and O–H groups in total. The zero-order valence-electron chi connectivity index (χ0n) is 16.3. The van der Waals surface area contributed by atoms with E-state index in [1.807, 2.05) is 54.6 Å². The lowest BCUT2D eigenvalue weighted by molar-refractivity contribution is 0.0951. The van der Waals surface area contributed by atoms with Crippen LogP contribution in [0.1, 0.15) is 28.8 Å². The maximum atomic E-state index is 13.3. The number of halogens is 1. The van der Waals surface area contributed by atoms with Crippen molar-refractivity contribution in [3.63, 3.8) is 0 Å². The molecule has 5 heteroatoms. The molecule has 4 nitrogen and oxygen atoms in total. The molecule has 1 saturated carbocycles. The Morgan fingerprint density at radius 2 is 1.83 bits per heavy atom. The van der Waals surface area contributed by atoms with Crippen LogP contribution in [0.15, 0.2) is 79.1 Å². The number of carbonyl (C=O) groups excluding carboxylic acids is 1. The van der Waals surface area contributed by atoms with Gasteiger partial charge < -0.3 is 5.32 Å². The van der Waals surface area contributed by atoms with E-state index >= 15 is 0 Å².